The molecule has 0 bridgehead atoms. The predicted octanol–water partition coefficient (Wildman–Crippen LogP) is 4.53. The highest BCUT2D eigenvalue weighted by Gasteiger charge is 2.15. The summed E-state index contributed by atoms with van der Waals surface area (Å²) in [5, 5.41) is 10.7. The van der Waals surface area contributed by atoms with Gasteiger partial charge in [0.1, 0.15) is 11.6 Å². The van der Waals surface area contributed by atoms with Crippen molar-refractivity contribution < 1.29 is 14.2 Å². The molecule has 0 amide bonds. The van der Waals surface area contributed by atoms with Gasteiger partial charge in [0.2, 0.25) is 0 Å². The maximum absolute atomic E-state index is 13.7. The van der Waals surface area contributed by atoms with Crippen molar-refractivity contribution in [3.8, 4) is 5.75 Å². The lowest BCUT2D eigenvalue weighted by Gasteiger charge is -2.15. The molecule has 0 spiro atoms. The third kappa shape index (κ3) is 3.51. The van der Waals surface area contributed by atoms with E-state index in [1.165, 1.54) is 18.2 Å². The minimum atomic E-state index is -0.854. The van der Waals surface area contributed by atoms with Gasteiger partial charge in [0.05, 0.1) is 13.2 Å². The summed E-state index contributed by atoms with van der Waals surface area (Å²) < 4.78 is 19.6. The highest BCUT2D eigenvalue weighted by Crippen LogP contribution is 2.30. The SMILES string of the molecule is COc1ccc(Br)c(C(O)Cc2cc(Cl)ccc2F)c1. The number of benzene rings is 2. The molecule has 0 heterocycles. The molecular formula is C15H13BrClFO2. The molecule has 0 radical (unpaired) electrons. The van der Waals surface area contributed by atoms with E-state index in [1.54, 1.807) is 25.3 Å². The third-order valence-corrected chi connectivity index (χ3v) is 3.94. The predicted molar refractivity (Wildman–Crippen MR) is 80.8 cm³/mol. The number of aliphatic hydroxyl groups excluding tert-OH is 1. The normalized spacial score (nSPS) is 12.2. The first-order valence-electron chi connectivity index (χ1n) is 5.96. The minimum absolute atomic E-state index is 0.137. The molecule has 2 aromatic rings. The second-order valence-corrected chi connectivity index (χ2v) is 5.63. The van der Waals surface area contributed by atoms with Gasteiger partial charge in [0.15, 0.2) is 0 Å². The summed E-state index contributed by atoms with van der Waals surface area (Å²) in [6.07, 6.45) is -0.717. The van der Waals surface area contributed by atoms with E-state index in [2.05, 4.69) is 15.9 Å². The highest BCUT2D eigenvalue weighted by atomic mass is 79.9. The number of aliphatic hydroxyl groups is 1. The average molecular weight is 360 g/mol. The van der Waals surface area contributed by atoms with E-state index < -0.39 is 6.10 Å². The second-order valence-electron chi connectivity index (χ2n) is 4.34. The van der Waals surface area contributed by atoms with E-state index in [4.69, 9.17) is 16.3 Å². The highest BCUT2D eigenvalue weighted by molar-refractivity contribution is 9.10. The number of methoxy groups -OCH3 is 1. The Labute approximate surface area is 130 Å². The maximum Gasteiger partial charge on any atom is 0.126 e. The van der Waals surface area contributed by atoms with Crippen LogP contribution in [0.2, 0.25) is 5.02 Å². The van der Waals surface area contributed by atoms with Gasteiger partial charge >= 0.3 is 0 Å². The van der Waals surface area contributed by atoms with E-state index in [0.717, 1.165) is 4.47 Å². The summed E-state index contributed by atoms with van der Waals surface area (Å²) in [6.45, 7) is 0. The Morgan fingerprint density at radius 3 is 2.75 bits per heavy atom. The number of halogens is 3. The van der Waals surface area contributed by atoms with Crippen molar-refractivity contribution in [1.29, 1.82) is 0 Å². The van der Waals surface area contributed by atoms with Crippen molar-refractivity contribution in [2.24, 2.45) is 0 Å². The first-order valence-corrected chi connectivity index (χ1v) is 7.14. The average Bonchev–Trinajstić information content (AvgIpc) is 2.43. The topological polar surface area (TPSA) is 29.5 Å². The molecule has 2 rings (SSSR count). The Morgan fingerprint density at radius 1 is 1.30 bits per heavy atom. The van der Waals surface area contributed by atoms with E-state index in [0.29, 0.717) is 21.9 Å². The molecule has 0 aliphatic carbocycles. The zero-order valence-electron chi connectivity index (χ0n) is 10.7. The van der Waals surface area contributed by atoms with Gasteiger partial charge in [-0.15, -0.1) is 0 Å². The van der Waals surface area contributed by atoms with Crippen LogP contribution in [-0.2, 0) is 6.42 Å². The van der Waals surface area contributed by atoms with Crippen LogP contribution in [0.5, 0.6) is 5.75 Å². The molecule has 1 atom stereocenters. The smallest absolute Gasteiger partial charge is 0.126 e. The lowest BCUT2D eigenvalue weighted by Crippen LogP contribution is -2.05. The van der Waals surface area contributed by atoms with E-state index in [1.807, 2.05) is 0 Å². The Bertz CT molecular complexity index is 619. The Morgan fingerprint density at radius 2 is 2.05 bits per heavy atom. The van der Waals surface area contributed by atoms with E-state index in [9.17, 15) is 9.50 Å². The summed E-state index contributed by atoms with van der Waals surface area (Å²) >= 11 is 9.22. The zero-order chi connectivity index (χ0) is 14.7. The third-order valence-electron chi connectivity index (χ3n) is 2.98. The Hall–Kier alpha value is -1.10. The number of rotatable bonds is 4. The van der Waals surface area contributed by atoms with Gasteiger partial charge < -0.3 is 9.84 Å². The minimum Gasteiger partial charge on any atom is -0.497 e. The molecule has 0 saturated carbocycles. The lowest BCUT2D eigenvalue weighted by atomic mass is 10.0. The summed E-state index contributed by atoms with van der Waals surface area (Å²) in [7, 11) is 1.55. The van der Waals surface area contributed by atoms with Crippen LogP contribution in [0.3, 0.4) is 0 Å². The van der Waals surface area contributed by atoms with E-state index in [-0.39, 0.29) is 12.2 Å². The van der Waals surface area contributed by atoms with Gasteiger partial charge in [-0.2, -0.15) is 0 Å². The van der Waals surface area contributed by atoms with Gasteiger partial charge in [-0.25, -0.2) is 4.39 Å². The molecular weight excluding hydrogens is 347 g/mol. The number of hydrogen-bond acceptors (Lipinski definition) is 2. The fraction of sp³-hybridized carbons (Fsp3) is 0.200. The van der Waals surface area contributed by atoms with Crippen LogP contribution in [0, 0.1) is 5.82 Å². The fourth-order valence-electron chi connectivity index (χ4n) is 1.92. The van der Waals surface area contributed by atoms with Crippen molar-refractivity contribution in [2.75, 3.05) is 7.11 Å². The first-order chi connectivity index (χ1) is 9.51. The van der Waals surface area contributed by atoms with Gasteiger partial charge in [-0.1, -0.05) is 27.5 Å². The van der Waals surface area contributed by atoms with Crippen LogP contribution in [-0.4, -0.2) is 12.2 Å². The fourth-order valence-corrected chi connectivity index (χ4v) is 2.63. The van der Waals surface area contributed by atoms with Crippen LogP contribution in [0.15, 0.2) is 40.9 Å². The zero-order valence-corrected chi connectivity index (χ0v) is 13.1. The monoisotopic (exact) mass is 358 g/mol. The van der Waals surface area contributed by atoms with Gasteiger partial charge in [0, 0.05) is 15.9 Å². The van der Waals surface area contributed by atoms with E-state index >= 15 is 0 Å². The molecule has 0 aliphatic rings. The van der Waals surface area contributed by atoms with Crippen LogP contribution in [0.25, 0.3) is 0 Å². The van der Waals surface area contributed by atoms with Gasteiger partial charge in [-0.3, -0.25) is 0 Å². The summed E-state index contributed by atoms with van der Waals surface area (Å²) in [5.74, 6) is 0.251. The second kappa shape index (κ2) is 6.57. The van der Waals surface area contributed by atoms with Crippen LogP contribution < -0.4 is 4.74 Å². The number of hydrogen-bond donors (Lipinski definition) is 1. The van der Waals surface area contributed by atoms with Gasteiger partial charge in [-0.05, 0) is 47.5 Å². The van der Waals surface area contributed by atoms with Crippen molar-refractivity contribution >= 4 is 27.5 Å². The lowest BCUT2D eigenvalue weighted by molar-refractivity contribution is 0.176. The van der Waals surface area contributed by atoms with Gasteiger partial charge in [0.25, 0.3) is 0 Å². The molecule has 0 aromatic heterocycles. The molecule has 1 N–H and O–H groups in total. The van der Waals surface area contributed by atoms with Crippen molar-refractivity contribution in [3.63, 3.8) is 0 Å². The van der Waals surface area contributed by atoms with Crippen molar-refractivity contribution in [1.82, 2.24) is 0 Å². The standard InChI is InChI=1S/C15H13BrClFO2/c1-20-11-3-4-13(16)12(8-11)15(19)7-9-6-10(17)2-5-14(9)18/h2-6,8,15,19H,7H2,1H3. The van der Waals surface area contributed by atoms with Crippen LogP contribution in [0.1, 0.15) is 17.2 Å². The molecule has 106 valence electrons. The molecule has 2 nitrogen and oxygen atoms in total. The summed E-state index contributed by atoms with van der Waals surface area (Å²) in [4.78, 5) is 0. The first kappa shape index (κ1) is 15.3. The Balaban J connectivity index is 2.27. The quantitative estimate of drug-likeness (QED) is 0.869. The molecule has 2 aromatic carbocycles. The molecule has 1 unspecified atom stereocenters. The number of ether oxygens (including phenoxy) is 1. The largest absolute Gasteiger partial charge is 0.497 e. The maximum atomic E-state index is 13.7. The molecule has 0 fully saturated rings. The molecule has 20 heavy (non-hydrogen) atoms. The van der Waals surface area contributed by atoms with Crippen molar-refractivity contribution in [2.45, 2.75) is 12.5 Å². The molecule has 0 saturated heterocycles. The molecule has 0 aliphatic heterocycles. The summed E-state index contributed by atoms with van der Waals surface area (Å²) in [6, 6.07) is 9.58. The van der Waals surface area contributed by atoms with Crippen molar-refractivity contribution in [3.05, 3.63) is 62.8 Å². The Kier molecular flexibility index (Phi) is 5.02. The van der Waals surface area contributed by atoms with Crippen LogP contribution in [0.4, 0.5) is 4.39 Å². The van der Waals surface area contributed by atoms with Crippen LogP contribution >= 0.6 is 27.5 Å². The molecule has 5 heteroatoms. The summed E-state index contributed by atoms with van der Waals surface area (Å²) in [5.41, 5.74) is 1.02.